The van der Waals surface area contributed by atoms with E-state index in [9.17, 15) is 4.79 Å². The molecule has 1 aromatic rings. The van der Waals surface area contributed by atoms with E-state index in [4.69, 9.17) is 5.11 Å². The SMILES string of the molecule is C=Cc1ccc(C(CC)C(=O)O)cc1. The molecule has 1 rings (SSSR count). The molecule has 0 saturated heterocycles. The molecule has 1 N–H and O–H groups in total. The van der Waals surface area contributed by atoms with Crippen LogP contribution in [0.4, 0.5) is 0 Å². The van der Waals surface area contributed by atoms with Gasteiger partial charge in [0.2, 0.25) is 0 Å². The third kappa shape index (κ3) is 2.22. The van der Waals surface area contributed by atoms with Crippen molar-refractivity contribution in [3.8, 4) is 0 Å². The molecule has 14 heavy (non-hydrogen) atoms. The molecule has 2 heteroatoms. The largest absolute Gasteiger partial charge is 0.481 e. The van der Waals surface area contributed by atoms with Gasteiger partial charge < -0.3 is 5.11 Å². The summed E-state index contributed by atoms with van der Waals surface area (Å²) < 4.78 is 0. The van der Waals surface area contributed by atoms with E-state index in [2.05, 4.69) is 6.58 Å². The van der Waals surface area contributed by atoms with Crippen LogP contribution < -0.4 is 0 Å². The second-order valence-electron chi connectivity index (χ2n) is 3.17. The summed E-state index contributed by atoms with van der Waals surface area (Å²) in [6.07, 6.45) is 2.36. The van der Waals surface area contributed by atoms with Gasteiger partial charge in [-0.3, -0.25) is 4.79 Å². The van der Waals surface area contributed by atoms with Crippen LogP contribution in [0.3, 0.4) is 0 Å². The summed E-state index contributed by atoms with van der Waals surface area (Å²) in [6.45, 7) is 5.52. The lowest BCUT2D eigenvalue weighted by Gasteiger charge is -2.09. The second kappa shape index (κ2) is 4.61. The van der Waals surface area contributed by atoms with Crippen LogP contribution in [0.15, 0.2) is 30.8 Å². The molecule has 0 spiro atoms. The van der Waals surface area contributed by atoms with E-state index in [1.54, 1.807) is 6.08 Å². The van der Waals surface area contributed by atoms with E-state index in [1.165, 1.54) is 0 Å². The Hall–Kier alpha value is -1.57. The third-order valence-electron chi connectivity index (χ3n) is 2.28. The number of rotatable bonds is 4. The Bertz CT molecular complexity index is 325. The zero-order chi connectivity index (χ0) is 10.6. The topological polar surface area (TPSA) is 37.3 Å². The minimum absolute atomic E-state index is 0.395. The molecule has 1 atom stereocenters. The lowest BCUT2D eigenvalue weighted by molar-refractivity contribution is -0.138. The Morgan fingerprint density at radius 2 is 2.07 bits per heavy atom. The molecule has 0 aliphatic carbocycles. The smallest absolute Gasteiger partial charge is 0.310 e. The van der Waals surface area contributed by atoms with E-state index in [0.29, 0.717) is 6.42 Å². The summed E-state index contributed by atoms with van der Waals surface area (Å²) in [4.78, 5) is 10.9. The fourth-order valence-corrected chi connectivity index (χ4v) is 1.42. The Labute approximate surface area is 83.9 Å². The van der Waals surface area contributed by atoms with Gasteiger partial charge in [0.1, 0.15) is 0 Å². The number of benzene rings is 1. The van der Waals surface area contributed by atoms with Crippen LogP contribution in [-0.4, -0.2) is 11.1 Å². The van der Waals surface area contributed by atoms with Crippen molar-refractivity contribution in [2.45, 2.75) is 19.3 Å². The van der Waals surface area contributed by atoms with Gasteiger partial charge in [0.15, 0.2) is 0 Å². The van der Waals surface area contributed by atoms with E-state index in [0.717, 1.165) is 11.1 Å². The lowest BCUT2D eigenvalue weighted by Crippen LogP contribution is -2.10. The number of hydrogen-bond acceptors (Lipinski definition) is 1. The maximum absolute atomic E-state index is 10.9. The van der Waals surface area contributed by atoms with Crippen molar-refractivity contribution in [1.82, 2.24) is 0 Å². The molecule has 74 valence electrons. The van der Waals surface area contributed by atoms with Crippen molar-refractivity contribution in [2.24, 2.45) is 0 Å². The van der Waals surface area contributed by atoms with Crippen molar-refractivity contribution in [1.29, 1.82) is 0 Å². The van der Waals surface area contributed by atoms with Gasteiger partial charge in [-0.15, -0.1) is 0 Å². The molecule has 0 aliphatic rings. The summed E-state index contributed by atoms with van der Waals surface area (Å²) in [5.74, 6) is -1.16. The first-order valence-corrected chi connectivity index (χ1v) is 4.64. The van der Waals surface area contributed by atoms with Gasteiger partial charge in [0, 0.05) is 0 Å². The Kier molecular flexibility index (Phi) is 3.46. The van der Waals surface area contributed by atoms with Crippen molar-refractivity contribution in [2.75, 3.05) is 0 Å². The summed E-state index contributed by atoms with van der Waals surface area (Å²) in [6, 6.07) is 7.46. The molecule has 0 aliphatic heterocycles. The highest BCUT2D eigenvalue weighted by molar-refractivity contribution is 5.76. The molecule has 1 unspecified atom stereocenters. The number of carboxylic acids is 1. The lowest BCUT2D eigenvalue weighted by atomic mass is 9.96. The third-order valence-corrected chi connectivity index (χ3v) is 2.28. The van der Waals surface area contributed by atoms with Crippen LogP contribution in [0.2, 0.25) is 0 Å². The molecule has 0 aromatic heterocycles. The van der Waals surface area contributed by atoms with Crippen LogP contribution in [0, 0.1) is 0 Å². The predicted molar refractivity (Wildman–Crippen MR) is 57.2 cm³/mol. The molecule has 0 fully saturated rings. The minimum Gasteiger partial charge on any atom is -0.481 e. The molecule has 0 bridgehead atoms. The zero-order valence-corrected chi connectivity index (χ0v) is 8.23. The van der Waals surface area contributed by atoms with Gasteiger partial charge >= 0.3 is 5.97 Å². The molecule has 1 aromatic carbocycles. The summed E-state index contributed by atoms with van der Waals surface area (Å²) >= 11 is 0. The molecule has 0 heterocycles. The quantitative estimate of drug-likeness (QED) is 0.792. The summed E-state index contributed by atoms with van der Waals surface area (Å²) in [7, 11) is 0. The van der Waals surface area contributed by atoms with E-state index in [-0.39, 0.29) is 0 Å². The minimum atomic E-state index is -0.765. The first kappa shape index (κ1) is 10.5. The molecule has 0 radical (unpaired) electrons. The molecular formula is C12H14O2. The first-order chi connectivity index (χ1) is 6.69. The van der Waals surface area contributed by atoms with Crippen LogP contribution >= 0.6 is 0 Å². The summed E-state index contributed by atoms with van der Waals surface area (Å²) in [5.41, 5.74) is 1.86. The number of aliphatic carboxylic acids is 1. The molecule has 2 nitrogen and oxygen atoms in total. The standard InChI is InChI=1S/C12H14O2/c1-3-9-5-7-10(8-6-9)11(4-2)12(13)14/h3,5-8,11H,1,4H2,2H3,(H,13,14). The first-order valence-electron chi connectivity index (χ1n) is 4.64. The van der Waals surface area contributed by atoms with Gasteiger partial charge in [-0.25, -0.2) is 0 Å². The van der Waals surface area contributed by atoms with Crippen molar-refractivity contribution in [3.63, 3.8) is 0 Å². The Morgan fingerprint density at radius 1 is 1.50 bits per heavy atom. The predicted octanol–water partition coefficient (Wildman–Crippen LogP) is 2.91. The van der Waals surface area contributed by atoms with E-state index in [1.807, 2.05) is 31.2 Å². The number of hydrogen-bond donors (Lipinski definition) is 1. The molecule has 0 amide bonds. The van der Waals surface area contributed by atoms with E-state index >= 15 is 0 Å². The maximum Gasteiger partial charge on any atom is 0.310 e. The number of carboxylic acid groups (broad SMARTS) is 1. The average molecular weight is 190 g/mol. The highest BCUT2D eigenvalue weighted by Gasteiger charge is 2.16. The fourth-order valence-electron chi connectivity index (χ4n) is 1.42. The Balaban J connectivity index is 2.94. The van der Waals surface area contributed by atoms with Crippen molar-refractivity contribution < 1.29 is 9.90 Å². The van der Waals surface area contributed by atoms with Crippen LogP contribution in [-0.2, 0) is 4.79 Å². The highest BCUT2D eigenvalue weighted by atomic mass is 16.4. The molecule has 0 saturated carbocycles. The normalized spacial score (nSPS) is 12.1. The van der Waals surface area contributed by atoms with Gasteiger partial charge in [-0.05, 0) is 17.5 Å². The summed E-state index contributed by atoms with van der Waals surface area (Å²) in [5, 5.41) is 8.93. The van der Waals surface area contributed by atoms with Gasteiger partial charge in [-0.2, -0.15) is 0 Å². The van der Waals surface area contributed by atoms with Gasteiger partial charge in [0.05, 0.1) is 5.92 Å². The van der Waals surface area contributed by atoms with Crippen LogP contribution in [0.25, 0.3) is 6.08 Å². The van der Waals surface area contributed by atoms with Gasteiger partial charge in [0.25, 0.3) is 0 Å². The van der Waals surface area contributed by atoms with Crippen LogP contribution in [0.5, 0.6) is 0 Å². The monoisotopic (exact) mass is 190 g/mol. The van der Waals surface area contributed by atoms with Crippen LogP contribution in [0.1, 0.15) is 30.4 Å². The zero-order valence-electron chi connectivity index (χ0n) is 8.23. The molecular weight excluding hydrogens is 176 g/mol. The van der Waals surface area contributed by atoms with Crippen molar-refractivity contribution >= 4 is 12.0 Å². The number of carbonyl (C=O) groups is 1. The second-order valence-corrected chi connectivity index (χ2v) is 3.17. The van der Waals surface area contributed by atoms with Crippen molar-refractivity contribution in [3.05, 3.63) is 42.0 Å². The van der Waals surface area contributed by atoms with E-state index < -0.39 is 11.9 Å². The average Bonchev–Trinajstić information content (AvgIpc) is 2.19. The van der Waals surface area contributed by atoms with Gasteiger partial charge in [-0.1, -0.05) is 43.8 Å². The Morgan fingerprint density at radius 3 is 2.43 bits per heavy atom. The highest BCUT2D eigenvalue weighted by Crippen LogP contribution is 2.20. The fraction of sp³-hybridized carbons (Fsp3) is 0.250. The maximum atomic E-state index is 10.9.